The van der Waals surface area contributed by atoms with Crippen molar-refractivity contribution < 1.29 is 9.47 Å². The van der Waals surface area contributed by atoms with E-state index in [1.807, 2.05) is 24.3 Å². The van der Waals surface area contributed by atoms with Gasteiger partial charge in [-0.2, -0.15) is 0 Å². The Bertz CT molecular complexity index is 3350. The van der Waals surface area contributed by atoms with Crippen molar-refractivity contribution in [1.29, 1.82) is 0 Å². The minimum Gasteiger partial charge on any atom is -0.449 e. The van der Waals surface area contributed by atoms with Gasteiger partial charge in [-0.15, -0.1) is 0 Å². The van der Waals surface area contributed by atoms with E-state index in [0.717, 1.165) is 78.3 Å². The molecule has 0 atom stereocenters. The molecule has 1 aliphatic rings. The summed E-state index contributed by atoms with van der Waals surface area (Å²) in [6, 6.07) is 85.9. The van der Waals surface area contributed by atoms with Crippen LogP contribution < -0.4 is 14.4 Å². The van der Waals surface area contributed by atoms with Gasteiger partial charge in [0, 0.05) is 39.6 Å². The van der Waals surface area contributed by atoms with Crippen molar-refractivity contribution in [1.82, 2.24) is 4.57 Å². The van der Waals surface area contributed by atoms with E-state index < -0.39 is 0 Å². The van der Waals surface area contributed by atoms with Crippen molar-refractivity contribution in [3.05, 3.63) is 243 Å². The highest BCUT2D eigenvalue weighted by Crippen LogP contribution is 2.49. The zero-order valence-corrected chi connectivity index (χ0v) is 34.8. The number of para-hydroxylation sites is 3. The molecule has 0 radical (unpaired) electrons. The molecule has 10 aromatic carbocycles. The van der Waals surface area contributed by atoms with Gasteiger partial charge in [0.1, 0.15) is 0 Å². The van der Waals surface area contributed by atoms with Gasteiger partial charge < -0.3 is 18.9 Å². The largest absolute Gasteiger partial charge is 0.449 e. The van der Waals surface area contributed by atoms with Gasteiger partial charge in [0.2, 0.25) is 0 Å². The standard InChI is InChI=1S/C60H40N2O2/c1-4-12-41(13-5-1)44-24-31-50(32-25-44)61(51-33-26-45(27-34-51)42-14-6-2-7-15-42)52-35-28-46(29-36-52)43-20-22-47(23-21-43)48-30-37-55-53(38-48)54-39-59-60(64-58-19-11-10-18-57(58)63-59)40-56(54)62(55)49-16-8-3-9-17-49/h1-40H. The Kier molecular flexibility index (Phi) is 9.12. The molecule has 0 saturated carbocycles. The Morgan fingerprint density at radius 1 is 0.266 bits per heavy atom. The minimum absolute atomic E-state index is 0.706. The van der Waals surface area contributed by atoms with Crippen LogP contribution in [0.5, 0.6) is 23.0 Å². The molecular formula is C60H40N2O2. The van der Waals surface area contributed by atoms with Crippen molar-refractivity contribution in [2.24, 2.45) is 0 Å². The Balaban J connectivity index is 0.868. The summed E-state index contributed by atoms with van der Waals surface area (Å²) in [6.07, 6.45) is 0. The molecule has 302 valence electrons. The third-order valence-electron chi connectivity index (χ3n) is 12.3. The van der Waals surface area contributed by atoms with Gasteiger partial charge in [-0.1, -0.05) is 158 Å². The molecular weight excluding hydrogens is 781 g/mol. The summed E-state index contributed by atoms with van der Waals surface area (Å²) in [5.74, 6) is 2.86. The second-order valence-corrected chi connectivity index (χ2v) is 16.2. The molecule has 2 heterocycles. The first-order valence-corrected chi connectivity index (χ1v) is 21.6. The van der Waals surface area contributed by atoms with Gasteiger partial charge in [0.15, 0.2) is 23.0 Å². The Hall–Kier alpha value is -8.60. The number of benzene rings is 10. The van der Waals surface area contributed by atoms with E-state index in [2.05, 4.69) is 228 Å². The lowest BCUT2D eigenvalue weighted by Crippen LogP contribution is -2.09. The van der Waals surface area contributed by atoms with Crippen LogP contribution in [0.2, 0.25) is 0 Å². The van der Waals surface area contributed by atoms with E-state index in [1.54, 1.807) is 0 Å². The van der Waals surface area contributed by atoms with Crippen LogP contribution in [0.4, 0.5) is 17.1 Å². The monoisotopic (exact) mass is 820 g/mol. The van der Waals surface area contributed by atoms with Gasteiger partial charge in [0.05, 0.1) is 11.0 Å². The van der Waals surface area contributed by atoms with Crippen LogP contribution in [0.3, 0.4) is 0 Å². The van der Waals surface area contributed by atoms with Gasteiger partial charge in [0.25, 0.3) is 0 Å². The van der Waals surface area contributed by atoms with E-state index in [0.29, 0.717) is 11.5 Å². The average Bonchev–Trinajstić information content (AvgIpc) is 3.68. The number of fused-ring (bicyclic) bond motifs is 5. The fraction of sp³-hybridized carbons (Fsp3) is 0. The van der Waals surface area contributed by atoms with Crippen molar-refractivity contribution in [2.45, 2.75) is 0 Å². The van der Waals surface area contributed by atoms with Crippen molar-refractivity contribution in [3.63, 3.8) is 0 Å². The normalized spacial score (nSPS) is 11.7. The van der Waals surface area contributed by atoms with E-state index in [-0.39, 0.29) is 0 Å². The quantitative estimate of drug-likeness (QED) is 0.153. The lowest BCUT2D eigenvalue weighted by Gasteiger charge is -2.26. The lowest BCUT2D eigenvalue weighted by atomic mass is 9.98. The second kappa shape index (κ2) is 15.7. The van der Waals surface area contributed by atoms with Crippen molar-refractivity contribution in [3.8, 4) is 73.2 Å². The number of nitrogens with zero attached hydrogens (tertiary/aromatic N) is 2. The molecule has 0 amide bonds. The number of hydrogen-bond donors (Lipinski definition) is 0. The number of anilines is 3. The fourth-order valence-corrected chi connectivity index (χ4v) is 9.05. The van der Waals surface area contributed by atoms with Crippen LogP contribution in [0.25, 0.3) is 72.0 Å². The molecule has 0 fully saturated rings. The van der Waals surface area contributed by atoms with Crippen LogP contribution >= 0.6 is 0 Å². The molecule has 0 bridgehead atoms. The molecule has 0 aliphatic carbocycles. The molecule has 0 N–H and O–H groups in total. The molecule has 11 aromatic rings. The molecule has 0 unspecified atom stereocenters. The number of ether oxygens (including phenoxy) is 2. The highest BCUT2D eigenvalue weighted by Gasteiger charge is 2.23. The summed E-state index contributed by atoms with van der Waals surface area (Å²) in [5.41, 5.74) is 16.0. The lowest BCUT2D eigenvalue weighted by molar-refractivity contribution is 0.360. The second-order valence-electron chi connectivity index (χ2n) is 16.2. The van der Waals surface area contributed by atoms with Crippen LogP contribution in [-0.4, -0.2) is 4.57 Å². The van der Waals surface area contributed by atoms with Crippen molar-refractivity contribution >= 4 is 38.9 Å². The molecule has 1 aliphatic heterocycles. The number of hydrogen-bond acceptors (Lipinski definition) is 3. The first kappa shape index (κ1) is 37.2. The highest BCUT2D eigenvalue weighted by molar-refractivity contribution is 6.11. The van der Waals surface area contributed by atoms with Crippen LogP contribution in [0.1, 0.15) is 0 Å². The summed E-state index contributed by atoms with van der Waals surface area (Å²) in [6.45, 7) is 0. The Morgan fingerprint density at radius 2 is 0.625 bits per heavy atom. The first-order valence-electron chi connectivity index (χ1n) is 21.6. The molecule has 4 heteroatoms. The topological polar surface area (TPSA) is 26.6 Å². The fourth-order valence-electron chi connectivity index (χ4n) is 9.05. The summed E-state index contributed by atoms with van der Waals surface area (Å²) in [5, 5.41) is 2.25. The zero-order valence-electron chi connectivity index (χ0n) is 34.8. The SMILES string of the molecule is c1ccc(-c2ccc(N(c3ccc(-c4ccccc4)cc3)c3ccc(-c4ccc(-c5ccc6c(c5)c5cc7c(cc5n6-c5ccccc5)Oc5ccccc5O7)cc4)cc3)cc2)cc1. The van der Waals surface area contributed by atoms with Crippen LogP contribution in [0.15, 0.2) is 243 Å². The molecule has 4 nitrogen and oxygen atoms in total. The maximum atomic E-state index is 6.39. The maximum Gasteiger partial charge on any atom is 0.172 e. The third kappa shape index (κ3) is 6.75. The molecule has 1 aromatic heterocycles. The highest BCUT2D eigenvalue weighted by atomic mass is 16.6. The number of aromatic nitrogens is 1. The van der Waals surface area contributed by atoms with E-state index in [4.69, 9.17) is 9.47 Å². The predicted octanol–water partition coefficient (Wildman–Crippen LogP) is 16.8. The van der Waals surface area contributed by atoms with Crippen LogP contribution in [-0.2, 0) is 0 Å². The van der Waals surface area contributed by atoms with Gasteiger partial charge >= 0.3 is 0 Å². The number of rotatable bonds is 8. The predicted molar refractivity (Wildman–Crippen MR) is 264 cm³/mol. The van der Waals surface area contributed by atoms with Gasteiger partial charge in [-0.05, 0) is 123 Å². The van der Waals surface area contributed by atoms with Gasteiger partial charge in [-0.3, -0.25) is 0 Å². The summed E-state index contributed by atoms with van der Waals surface area (Å²) in [7, 11) is 0. The maximum absolute atomic E-state index is 6.39. The average molecular weight is 821 g/mol. The Morgan fingerprint density at radius 3 is 1.11 bits per heavy atom. The van der Waals surface area contributed by atoms with Crippen molar-refractivity contribution in [2.75, 3.05) is 4.90 Å². The van der Waals surface area contributed by atoms with E-state index in [1.165, 1.54) is 22.3 Å². The van der Waals surface area contributed by atoms with Crippen LogP contribution in [0, 0.1) is 0 Å². The smallest absolute Gasteiger partial charge is 0.172 e. The Labute approximate surface area is 372 Å². The third-order valence-corrected chi connectivity index (χ3v) is 12.3. The summed E-state index contributed by atoms with van der Waals surface area (Å²) >= 11 is 0. The first-order chi connectivity index (χ1) is 31.7. The molecule has 64 heavy (non-hydrogen) atoms. The van der Waals surface area contributed by atoms with E-state index in [9.17, 15) is 0 Å². The van der Waals surface area contributed by atoms with E-state index >= 15 is 0 Å². The summed E-state index contributed by atoms with van der Waals surface area (Å²) < 4.78 is 15.1. The minimum atomic E-state index is 0.706. The zero-order chi connectivity index (χ0) is 42.4. The van der Waals surface area contributed by atoms with Gasteiger partial charge in [-0.25, -0.2) is 0 Å². The summed E-state index contributed by atoms with van der Waals surface area (Å²) in [4.78, 5) is 2.33. The molecule has 0 saturated heterocycles. The molecule has 0 spiro atoms. The molecule has 12 rings (SSSR count).